The molecule has 2 aromatic heterocycles. The molecule has 2 heterocycles. The minimum atomic E-state index is -0.00976. The summed E-state index contributed by atoms with van der Waals surface area (Å²) in [5.41, 5.74) is 2.20. The van der Waals surface area contributed by atoms with Crippen LogP contribution in [0, 0.1) is 0 Å². The molecule has 0 aliphatic heterocycles. The van der Waals surface area contributed by atoms with Crippen molar-refractivity contribution in [1.82, 2.24) is 14.5 Å². The summed E-state index contributed by atoms with van der Waals surface area (Å²) in [6, 6.07) is 5.78. The van der Waals surface area contributed by atoms with Crippen molar-refractivity contribution in [2.75, 3.05) is 34.1 Å². The second-order valence-corrected chi connectivity index (χ2v) is 9.93. The average Bonchev–Trinajstić information content (AvgIpc) is 3.37. The highest BCUT2D eigenvalue weighted by atomic mass is 32.2. The lowest BCUT2D eigenvalue weighted by molar-refractivity contribution is -0.125. The average molecular weight is 474 g/mol. The van der Waals surface area contributed by atoms with Gasteiger partial charge in [0.2, 0.25) is 5.91 Å². The molecule has 9 heteroatoms. The van der Waals surface area contributed by atoms with Gasteiger partial charge in [-0.1, -0.05) is 17.8 Å². The summed E-state index contributed by atoms with van der Waals surface area (Å²) in [7, 11) is 6.67. The number of methoxy groups -OCH3 is 2. The van der Waals surface area contributed by atoms with Gasteiger partial charge in [-0.2, -0.15) is 0 Å². The Morgan fingerprint density at radius 2 is 2.00 bits per heavy atom. The van der Waals surface area contributed by atoms with Crippen molar-refractivity contribution in [3.63, 3.8) is 0 Å². The van der Waals surface area contributed by atoms with Gasteiger partial charge in [0.1, 0.15) is 4.83 Å². The Morgan fingerprint density at radius 3 is 2.72 bits per heavy atom. The van der Waals surface area contributed by atoms with Crippen LogP contribution in [0.2, 0.25) is 0 Å². The molecule has 0 radical (unpaired) electrons. The molecule has 7 nitrogen and oxygen atoms in total. The van der Waals surface area contributed by atoms with Crippen molar-refractivity contribution in [2.24, 2.45) is 0 Å². The molecule has 0 saturated heterocycles. The van der Waals surface area contributed by atoms with E-state index in [0.717, 1.165) is 35.0 Å². The molecular formula is C23H27N3O4S2. The summed E-state index contributed by atoms with van der Waals surface area (Å²) in [5.74, 6) is 1.56. The SMILES string of the molecule is COc1ccc(CCn2c(SCC(=O)N(C)C)nc3sc4c(c3c2=O)CCC4)cc1OC. The maximum Gasteiger partial charge on any atom is 0.263 e. The van der Waals surface area contributed by atoms with Crippen LogP contribution in [0.25, 0.3) is 10.2 Å². The van der Waals surface area contributed by atoms with Gasteiger partial charge in [-0.05, 0) is 48.9 Å². The number of thioether (sulfide) groups is 1. The number of thiophene rings is 1. The van der Waals surface area contributed by atoms with Gasteiger partial charge >= 0.3 is 0 Å². The molecule has 1 aliphatic carbocycles. The summed E-state index contributed by atoms with van der Waals surface area (Å²) >= 11 is 2.95. The highest BCUT2D eigenvalue weighted by Gasteiger charge is 2.23. The first-order chi connectivity index (χ1) is 15.4. The lowest BCUT2D eigenvalue weighted by atomic mass is 10.1. The standard InChI is InChI=1S/C23H27N3O4S2/c1-25(2)19(27)13-31-23-24-21-20(15-6-5-7-18(15)32-21)22(28)26(23)11-10-14-8-9-16(29-3)17(12-14)30-4/h8-9,12H,5-7,10-11,13H2,1-4H3. The van der Waals surface area contributed by atoms with E-state index in [2.05, 4.69) is 0 Å². The van der Waals surface area contributed by atoms with Crippen LogP contribution >= 0.6 is 23.1 Å². The van der Waals surface area contributed by atoms with Crippen LogP contribution in [-0.2, 0) is 30.6 Å². The fourth-order valence-corrected chi connectivity index (χ4v) is 6.20. The number of carbonyl (C=O) groups excluding carboxylic acids is 1. The lowest BCUT2D eigenvalue weighted by Crippen LogP contribution is -2.27. The number of aryl methyl sites for hydroxylation is 3. The number of benzene rings is 1. The van der Waals surface area contributed by atoms with E-state index in [1.807, 2.05) is 18.2 Å². The topological polar surface area (TPSA) is 73.7 Å². The van der Waals surface area contributed by atoms with Crippen molar-refractivity contribution in [3.8, 4) is 11.5 Å². The van der Waals surface area contributed by atoms with E-state index in [1.165, 1.54) is 22.2 Å². The van der Waals surface area contributed by atoms with E-state index >= 15 is 0 Å². The van der Waals surface area contributed by atoms with Gasteiger partial charge in [-0.15, -0.1) is 11.3 Å². The molecule has 0 fully saturated rings. The molecule has 0 bridgehead atoms. The summed E-state index contributed by atoms with van der Waals surface area (Å²) < 4.78 is 12.5. The molecular weight excluding hydrogens is 446 g/mol. The van der Waals surface area contributed by atoms with Gasteiger partial charge in [-0.3, -0.25) is 14.2 Å². The number of aromatic nitrogens is 2. The highest BCUT2D eigenvalue weighted by Crippen LogP contribution is 2.35. The number of rotatable bonds is 8. The minimum Gasteiger partial charge on any atom is -0.493 e. The summed E-state index contributed by atoms with van der Waals surface area (Å²) in [5, 5.41) is 1.36. The number of nitrogens with zero attached hydrogens (tertiary/aromatic N) is 3. The molecule has 4 rings (SSSR count). The third-order valence-corrected chi connectivity index (χ3v) is 7.83. The van der Waals surface area contributed by atoms with Crippen LogP contribution in [0.5, 0.6) is 11.5 Å². The zero-order valence-electron chi connectivity index (χ0n) is 18.8. The second-order valence-electron chi connectivity index (χ2n) is 7.90. The third-order valence-electron chi connectivity index (χ3n) is 5.69. The van der Waals surface area contributed by atoms with Gasteiger partial charge in [-0.25, -0.2) is 4.98 Å². The van der Waals surface area contributed by atoms with Crippen LogP contribution in [0.1, 0.15) is 22.4 Å². The predicted octanol–water partition coefficient (Wildman–Crippen LogP) is 3.39. The van der Waals surface area contributed by atoms with E-state index in [-0.39, 0.29) is 17.2 Å². The normalized spacial score (nSPS) is 12.8. The Bertz CT molecular complexity index is 1220. The predicted molar refractivity (Wildman–Crippen MR) is 129 cm³/mol. The number of hydrogen-bond donors (Lipinski definition) is 0. The fraction of sp³-hybridized carbons (Fsp3) is 0.435. The first-order valence-corrected chi connectivity index (χ1v) is 12.3. The smallest absolute Gasteiger partial charge is 0.263 e. The Morgan fingerprint density at radius 1 is 1.22 bits per heavy atom. The van der Waals surface area contributed by atoms with Crippen molar-refractivity contribution < 1.29 is 14.3 Å². The van der Waals surface area contributed by atoms with Crippen LogP contribution in [0.3, 0.4) is 0 Å². The molecule has 32 heavy (non-hydrogen) atoms. The molecule has 1 aliphatic rings. The Labute approximate surface area is 195 Å². The molecule has 0 unspecified atom stereocenters. The van der Waals surface area contributed by atoms with Crippen molar-refractivity contribution >= 4 is 39.2 Å². The van der Waals surface area contributed by atoms with E-state index < -0.39 is 0 Å². The van der Waals surface area contributed by atoms with E-state index in [4.69, 9.17) is 14.5 Å². The molecule has 1 amide bonds. The first kappa shape index (κ1) is 22.7. The zero-order chi connectivity index (χ0) is 22.8. The van der Waals surface area contributed by atoms with Crippen LogP contribution in [0.15, 0.2) is 28.2 Å². The first-order valence-electron chi connectivity index (χ1n) is 10.5. The maximum atomic E-state index is 13.6. The molecule has 0 N–H and O–H groups in total. The third kappa shape index (κ3) is 4.36. The van der Waals surface area contributed by atoms with E-state index in [0.29, 0.717) is 29.6 Å². The van der Waals surface area contributed by atoms with Crippen molar-refractivity contribution in [3.05, 3.63) is 44.6 Å². The highest BCUT2D eigenvalue weighted by molar-refractivity contribution is 7.99. The zero-order valence-corrected chi connectivity index (χ0v) is 20.4. The lowest BCUT2D eigenvalue weighted by Gasteiger charge is -2.14. The van der Waals surface area contributed by atoms with E-state index in [9.17, 15) is 9.59 Å². The van der Waals surface area contributed by atoms with Crippen LogP contribution in [0.4, 0.5) is 0 Å². The van der Waals surface area contributed by atoms with Gasteiger partial charge in [0, 0.05) is 25.5 Å². The molecule has 0 atom stereocenters. The number of fused-ring (bicyclic) bond motifs is 3. The molecule has 3 aromatic rings. The van der Waals surface area contributed by atoms with Gasteiger partial charge < -0.3 is 14.4 Å². The molecule has 0 spiro atoms. The number of amides is 1. The summed E-state index contributed by atoms with van der Waals surface area (Å²) in [6.07, 6.45) is 3.68. The quantitative estimate of drug-likeness (QED) is 0.369. The summed E-state index contributed by atoms with van der Waals surface area (Å²) in [6.45, 7) is 0.473. The molecule has 1 aromatic carbocycles. The summed E-state index contributed by atoms with van der Waals surface area (Å²) in [4.78, 5) is 34.2. The van der Waals surface area contributed by atoms with Gasteiger partial charge in [0.15, 0.2) is 16.7 Å². The second kappa shape index (κ2) is 9.54. The van der Waals surface area contributed by atoms with E-state index in [1.54, 1.807) is 49.1 Å². The Balaban J connectivity index is 1.69. The van der Waals surface area contributed by atoms with Gasteiger partial charge in [0.25, 0.3) is 5.56 Å². The Kier molecular flexibility index (Phi) is 6.76. The fourth-order valence-electron chi connectivity index (χ4n) is 3.90. The molecule has 0 saturated carbocycles. The number of ether oxygens (including phenoxy) is 2. The monoisotopic (exact) mass is 473 g/mol. The minimum absolute atomic E-state index is 0.00493. The van der Waals surface area contributed by atoms with Crippen LogP contribution in [-0.4, -0.2) is 54.4 Å². The van der Waals surface area contributed by atoms with Crippen LogP contribution < -0.4 is 15.0 Å². The molecule has 170 valence electrons. The van der Waals surface area contributed by atoms with Gasteiger partial charge in [0.05, 0.1) is 25.4 Å². The number of carbonyl (C=O) groups is 1. The number of hydrogen-bond acceptors (Lipinski definition) is 7. The Hall–Kier alpha value is -2.52. The van der Waals surface area contributed by atoms with Crippen molar-refractivity contribution in [1.29, 1.82) is 0 Å². The maximum absolute atomic E-state index is 13.6. The van der Waals surface area contributed by atoms with Crippen molar-refractivity contribution in [2.45, 2.75) is 37.4 Å². The largest absolute Gasteiger partial charge is 0.493 e.